The molecule has 2 saturated carbocycles. The minimum absolute atomic E-state index is 0.0675. The molecule has 19 heavy (non-hydrogen) atoms. The molecule has 2 rings (SSSR count). The second-order valence-electron chi connectivity index (χ2n) is 5.74. The molecule has 0 aliphatic heterocycles. The summed E-state index contributed by atoms with van der Waals surface area (Å²) in [5, 5.41) is 5.77. The van der Waals surface area contributed by atoms with Crippen LogP contribution in [0.4, 0.5) is 0 Å². The normalized spacial score (nSPS) is 26.8. The molecule has 5 nitrogen and oxygen atoms in total. The summed E-state index contributed by atoms with van der Waals surface area (Å²) in [6.45, 7) is 1.64. The number of carbonyl (C=O) groups is 2. The van der Waals surface area contributed by atoms with Gasteiger partial charge < -0.3 is 16.4 Å². The van der Waals surface area contributed by atoms with Gasteiger partial charge >= 0.3 is 0 Å². The molecule has 0 aromatic rings. The van der Waals surface area contributed by atoms with Gasteiger partial charge in [0.15, 0.2) is 0 Å². The highest BCUT2D eigenvalue weighted by Gasteiger charge is 2.30. The van der Waals surface area contributed by atoms with Crippen LogP contribution in [0.1, 0.15) is 38.5 Å². The van der Waals surface area contributed by atoms with E-state index in [1.54, 1.807) is 0 Å². The summed E-state index contributed by atoms with van der Waals surface area (Å²) < 4.78 is 0. The van der Waals surface area contributed by atoms with Gasteiger partial charge in [-0.1, -0.05) is 12.8 Å². The Hall–Kier alpha value is -1.10. The van der Waals surface area contributed by atoms with E-state index in [1.165, 1.54) is 6.42 Å². The lowest BCUT2D eigenvalue weighted by molar-refractivity contribution is -0.128. The van der Waals surface area contributed by atoms with Crippen LogP contribution in [0.5, 0.6) is 0 Å². The minimum atomic E-state index is 0.0675. The molecule has 0 heterocycles. The molecule has 2 aliphatic rings. The van der Waals surface area contributed by atoms with Crippen molar-refractivity contribution in [1.82, 2.24) is 10.6 Å². The van der Waals surface area contributed by atoms with Gasteiger partial charge in [-0.2, -0.15) is 0 Å². The third kappa shape index (κ3) is 4.20. The molecule has 0 aromatic carbocycles. The monoisotopic (exact) mass is 267 g/mol. The van der Waals surface area contributed by atoms with E-state index in [2.05, 4.69) is 10.6 Å². The zero-order chi connectivity index (χ0) is 13.7. The average Bonchev–Trinajstić information content (AvgIpc) is 3.27. The molecule has 2 atom stereocenters. The Balaban J connectivity index is 1.63. The van der Waals surface area contributed by atoms with Gasteiger partial charge in [0.25, 0.3) is 0 Å². The molecule has 0 saturated heterocycles. The maximum Gasteiger partial charge on any atom is 0.223 e. The summed E-state index contributed by atoms with van der Waals surface area (Å²) >= 11 is 0. The number of hydrogen-bond acceptors (Lipinski definition) is 3. The second kappa shape index (κ2) is 6.89. The van der Waals surface area contributed by atoms with Gasteiger partial charge in [-0.05, 0) is 38.1 Å². The number of hydrogen-bond donors (Lipinski definition) is 3. The molecule has 2 fully saturated rings. The predicted octanol–water partition coefficient (Wildman–Crippen LogP) is 0.394. The summed E-state index contributed by atoms with van der Waals surface area (Å²) in [5.41, 5.74) is 5.73. The fraction of sp³-hybridized carbons (Fsp3) is 0.857. The van der Waals surface area contributed by atoms with Crippen molar-refractivity contribution in [3.63, 3.8) is 0 Å². The van der Waals surface area contributed by atoms with E-state index >= 15 is 0 Å². The SMILES string of the molecule is NCC1CCCCC1C(=O)NCCNC(=O)C1CC1. The Morgan fingerprint density at radius 2 is 1.58 bits per heavy atom. The van der Waals surface area contributed by atoms with Crippen LogP contribution in [0.2, 0.25) is 0 Å². The number of nitrogens with one attached hydrogen (secondary N) is 2. The van der Waals surface area contributed by atoms with Crippen LogP contribution in [0.15, 0.2) is 0 Å². The van der Waals surface area contributed by atoms with E-state index in [4.69, 9.17) is 5.73 Å². The fourth-order valence-electron chi connectivity index (χ4n) is 2.83. The largest absolute Gasteiger partial charge is 0.354 e. The lowest BCUT2D eigenvalue weighted by atomic mass is 9.79. The van der Waals surface area contributed by atoms with Gasteiger partial charge in [0.2, 0.25) is 11.8 Å². The van der Waals surface area contributed by atoms with Gasteiger partial charge in [-0.15, -0.1) is 0 Å². The Morgan fingerprint density at radius 3 is 2.21 bits per heavy atom. The number of amides is 2. The first-order valence-corrected chi connectivity index (χ1v) is 7.48. The van der Waals surface area contributed by atoms with Crippen LogP contribution < -0.4 is 16.4 Å². The summed E-state index contributed by atoms with van der Waals surface area (Å²) in [4.78, 5) is 23.5. The van der Waals surface area contributed by atoms with Crippen LogP contribution in [-0.2, 0) is 9.59 Å². The maximum absolute atomic E-state index is 12.1. The molecule has 0 bridgehead atoms. The van der Waals surface area contributed by atoms with E-state index in [-0.39, 0.29) is 23.7 Å². The lowest BCUT2D eigenvalue weighted by Gasteiger charge is -2.29. The van der Waals surface area contributed by atoms with Crippen LogP contribution in [0.25, 0.3) is 0 Å². The van der Waals surface area contributed by atoms with Crippen LogP contribution >= 0.6 is 0 Å². The van der Waals surface area contributed by atoms with Crippen LogP contribution in [-0.4, -0.2) is 31.4 Å². The van der Waals surface area contributed by atoms with Crippen LogP contribution in [0.3, 0.4) is 0 Å². The van der Waals surface area contributed by atoms with Crippen molar-refractivity contribution < 1.29 is 9.59 Å². The second-order valence-corrected chi connectivity index (χ2v) is 5.74. The van der Waals surface area contributed by atoms with Crippen molar-refractivity contribution in [2.45, 2.75) is 38.5 Å². The molecule has 5 heteroatoms. The summed E-state index contributed by atoms with van der Waals surface area (Å²) in [6.07, 6.45) is 6.34. The van der Waals surface area contributed by atoms with Crippen molar-refractivity contribution in [2.24, 2.45) is 23.5 Å². The third-order valence-electron chi connectivity index (χ3n) is 4.22. The molecule has 0 radical (unpaired) electrons. The summed E-state index contributed by atoms with van der Waals surface area (Å²) in [7, 11) is 0. The van der Waals surface area contributed by atoms with E-state index in [0.29, 0.717) is 25.6 Å². The topological polar surface area (TPSA) is 84.2 Å². The first-order valence-electron chi connectivity index (χ1n) is 7.48. The van der Waals surface area contributed by atoms with E-state index in [9.17, 15) is 9.59 Å². The summed E-state index contributed by atoms with van der Waals surface area (Å²) in [5.74, 6) is 0.867. The average molecular weight is 267 g/mol. The van der Waals surface area contributed by atoms with Gasteiger partial charge in [0, 0.05) is 24.9 Å². The zero-order valence-electron chi connectivity index (χ0n) is 11.5. The Kier molecular flexibility index (Phi) is 5.19. The smallest absolute Gasteiger partial charge is 0.223 e. The fourth-order valence-corrected chi connectivity index (χ4v) is 2.83. The van der Waals surface area contributed by atoms with Crippen molar-refractivity contribution in [3.8, 4) is 0 Å². The zero-order valence-corrected chi connectivity index (χ0v) is 11.5. The van der Waals surface area contributed by atoms with E-state index in [0.717, 1.165) is 32.1 Å². The molecule has 0 aromatic heterocycles. The quantitative estimate of drug-likeness (QED) is 0.609. The van der Waals surface area contributed by atoms with Gasteiger partial charge in [-0.3, -0.25) is 9.59 Å². The standard InChI is InChI=1S/C14H25N3O2/c15-9-11-3-1-2-4-12(11)14(19)17-8-7-16-13(18)10-5-6-10/h10-12H,1-9,15H2,(H,16,18)(H,17,19). The van der Waals surface area contributed by atoms with Crippen LogP contribution in [0, 0.1) is 17.8 Å². The van der Waals surface area contributed by atoms with E-state index in [1.807, 2.05) is 0 Å². The minimum Gasteiger partial charge on any atom is -0.354 e. The third-order valence-corrected chi connectivity index (χ3v) is 4.22. The van der Waals surface area contributed by atoms with Crippen molar-refractivity contribution >= 4 is 11.8 Å². The highest BCUT2D eigenvalue weighted by Crippen LogP contribution is 2.29. The highest BCUT2D eigenvalue weighted by molar-refractivity contribution is 5.81. The van der Waals surface area contributed by atoms with Crippen molar-refractivity contribution in [3.05, 3.63) is 0 Å². The molecular formula is C14H25N3O2. The molecular weight excluding hydrogens is 242 g/mol. The van der Waals surface area contributed by atoms with Gasteiger partial charge in [0.1, 0.15) is 0 Å². The molecule has 2 unspecified atom stereocenters. The van der Waals surface area contributed by atoms with Gasteiger partial charge in [0.05, 0.1) is 0 Å². The maximum atomic E-state index is 12.1. The Labute approximate surface area is 114 Å². The van der Waals surface area contributed by atoms with Crippen molar-refractivity contribution in [1.29, 1.82) is 0 Å². The predicted molar refractivity (Wildman–Crippen MR) is 73.2 cm³/mol. The molecule has 4 N–H and O–H groups in total. The number of rotatable bonds is 6. The lowest BCUT2D eigenvalue weighted by Crippen LogP contribution is -2.42. The first-order chi connectivity index (χ1) is 9.22. The van der Waals surface area contributed by atoms with Gasteiger partial charge in [-0.25, -0.2) is 0 Å². The Morgan fingerprint density at radius 1 is 0.947 bits per heavy atom. The molecule has 2 amide bonds. The highest BCUT2D eigenvalue weighted by atomic mass is 16.2. The molecule has 0 spiro atoms. The van der Waals surface area contributed by atoms with Crippen molar-refractivity contribution in [2.75, 3.05) is 19.6 Å². The number of carbonyl (C=O) groups excluding carboxylic acids is 2. The Bertz CT molecular complexity index is 329. The molecule has 2 aliphatic carbocycles. The van der Waals surface area contributed by atoms with E-state index < -0.39 is 0 Å². The number of nitrogens with two attached hydrogens (primary N) is 1. The first kappa shape index (κ1) is 14.3. The molecule has 108 valence electrons. The summed E-state index contributed by atoms with van der Waals surface area (Å²) in [6, 6.07) is 0.